The van der Waals surface area contributed by atoms with Crippen LogP contribution in [0, 0.1) is 5.41 Å². The van der Waals surface area contributed by atoms with E-state index in [1.54, 1.807) is 75.6 Å². The third-order valence-electron chi connectivity index (χ3n) is 6.82. The molecule has 1 aromatic carbocycles. The van der Waals surface area contributed by atoms with E-state index in [-0.39, 0.29) is 30.7 Å². The molecule has 4 N–H and O–H groups in total. The second-order valence-electron chi connectivity index (χ2n) is 10.0. The third kappa shape index (κ3) is 8.16. The number of nitrogens with one attached hydrogen (secondary N) is 2. The quantitative estimate of drug-likeness (QED) is 0.0937. The summed E-state index contributed by atoms with van der Waals surface area (Å²) < 4.78 is 4.01. The Morgan fingerprint density at radius 1 is 0.822 bits per heavy atom. The molecule has 4 amide bonds. The first-order valence-corrected chi connectivity index (χ1v) is 15.3. The molecule has 4 aromatic rings. The van der Waals surface area contributed by atoms with Gasteiger partial charge in [0.15, 0.2) is 0 Å². The zero-order valence-corrected chi connectivity index (χ0v) is 26.6. The van der Waals surface area contributed by atoms with E-state index >= 15 is 0 Å². The molecular weight excluding hydrogens is 618 g/mol. The summed E-state index contributed by atoms with van der Waals surface area (Å²) in [4.78, 5) is 56.9. The molecule has 236 valence electrons. The van der Waals surface area contributed by atoms with Crippen LogP contribution in [-0.2, 0) is 0 Å². The standard InChI is InChI=1S/C30H34ClN9O4S/c1-35(13-11-26(32)33)28(42)39-15-9-23(19-39)37(3)30(44)40-16-10-24(20-40)36(2)29(43)38-14-8-22(18-38)34-27(41)21-4-6-25(7-5-21)45-17-12-31/h4-10,14-16,18-20H,11-13,17H2,1-3H3,(H3,32,33)(H,34,41). The molecule has 13 nitrogen and oxygen atoms in total. The largest absolute Gasteiger partial charge is 0.388 e. The summed E-state index contributed by atoms with van der Waals surface area (Å²) in [7, 11) is 4.76. The highest BCUT2D eigenvalue weighted by Gasteiger charge is 2.20. The number of aromatic nitrogens is 3. The summed E-state index contributed by atoms with van der Waals surface area (Å²) in [5.41, 5.74) is 7.26. The van der Waals surface area contributed by atoms with E-state index in [4.69, 9.17) is 22.7 Å². The Bertz CT molecular complexity index is 1690. The highest BCUT2D eigenvalue weighted by Crippen LogP contribution is 2.21. The zero-order valence-electron chi connectivity index (χ0n) is 25.0. The second kappa shape index (κ2) is 14.7. The molecular formula is C30H34ClN9O4S. The second-order valence-corrected chi connectivity index (χ2v) is 11.6. The fraction of sp³-hybridized carbons (Fsp3) is 0.233. The average Bonchev–Trinajstić information content (AvgIpc) is 3.82. The van der Waals surface area contributed by atoms with Crippen molar-refractivity contribution >= 4 is 70.3 Å². The van der Waals surface area contributed by atoms with Gasteiger partial charge in [-0.3, -0.25) is 33.7 Å². The van der Waals surface area contributed by atoms with Gasteiger partial charge >= 0.3 is 18.1 Å². The van der Waals surface area contributed by atoms with Gasteiger partial charge in [-0.2, -0.15) is 0 Å². The lowest BCUT2D eigenvalue weighted by Crippen LogP contribution is -2.33. The molecule has 0 aliphatic heterocycles. The Morgan fingerprint density at radius 3 is 1.91 bits per heavy atom. The van der Waals surface area contributed by atoms with E-state index in [2.05, 4.69) is 5.32 Å². The van der Waals surface area contributed by atoms with Gasteiger partial charge < -0.3 is 16.0 Å². The number of halogens is 1. The molecule has 3 heterocycles. The first-order chi connectivity index (χ1) is 21.5. The highest BCUT2D eigenvalue weighted by molar-refractivity contribution is 7.99. The zero-order chi connectivity index (χ0) is 32.7. The molecule has 15 heteroatoms. The number of benzene rings is 1. The van der Waals surface area contributed by atoms with Crippen LogP contribution in [0.3, 0.4) is 0 Å². The molecule has 0 atom stereocenters. The van der Waals surface area contributed by atoms with Crippen LogP contribution in [0.4, 0.5) is 31.4 Å². The van der Waals surface area contributed by atoms with Gasteiger partial charge in [0.05, 0.1) is 22.9 Å². The Kier molecular flexibility index (Phi) is 10.8. The number of carbonyl (C=O) groups is 4. The molecule has 0 bridgehead atoms. The molecule has 0 aliphatic rings. The summed E-state index contributed by atoms with van der Waals surface area (Å²) in [6.45, 7) is 0.289. The lowest BCUT2D eigenvalue weighted by Gasteiger charge is -2.18. The van der Waals surface area contributed by atoms with Crippen molar-refractivity contribution in [3.63, 3.8) is 0 Å². The van der Waals surface area contributed by atoms with Crippen molar-refractivity contribution in [2.45, 2.75) is 11.3 Å². The summed E-state index contributed by atoms with van der Waals surface area (Å²) >= 11 is 7.34. The average molecular weight is 652 g/mol. The Labute approximate surface area is 269 Å². The predicted octanol–water partition coefficient (Wildman–Crippen LogP) is 5.11. The van der Waals surface area contributed by atoms with Crippen molar-refractivity contribution in [1.29, 1.82) is 5.41 Å². The Hall–Kier alpha value is -4.95. The number of hydrogen-bond acceptors (Lipinski definition) is 6. The molecule has 0 saturated heterocycles. The fourth-order valence-corrected chi connectivity index (χ4v) is 5.08. The topological polar surface area (TPSA) is 155 Å². The fourth-order valence-electron chi connectivity index (χ4n) is 4.21. The number of thioether (sulfide) groups is 1. The highest BCUT2D eigenvalue weighted by atomic mass is 35.5. The van der Waals surface area contributed by atoms with Gasteiger partial charge in [0.1, 0.15) is 0 Å². The number of amides is 4. The van der Waals surface area contributed by atoms with Crippen LogP contribution in [0.5, 0.6) is 0 Å². The summed E-state index contributed by atoms with van der Waals surface area (Å²) in [5.74, 6) is 1.01. The maximum atomic E-state index is 13.2. The van der Waals surface area contributed by atoms with E-state index in [1.165, 1.54) is 53.2 Å². The van der Waals surface area contributed by atoms with E-state index in [1.807, 2.05) is 12.1 Å². The number of nitrogens with two attached hydrogens (primary N) is 1. The van der Waals surface area contributed by atoms with Gasteiger partial charge in [0, 0.05) is 93.4 Å². The Morgan fingerprint density at radius 2 is 1.36 bits per heavy atom. The smallest absolute Gasteiger partial charge is 0.332 e. The number of rotatable bonds is 10. The molecule has 0 fully saturated rings. The summed E-state index contributed by atoms with van der Waals surface area (Å²) in [6, 6.07) is 10.9. The van der Waals surface area contributed by atoms with E-state index in [9.17, 15) is 19.2 Å². The minimum atomic E-state index is -0.408. The lowest BCUT2D eigenvalue weighted by molar-refractivity contribution is 0.102. The first-order valence-electron chi connectivity index (χ1n) is 13.8. The van der Waals surface area contributed by atoms with Gasteiger partial charge in [0.25, 0.3) is 5.91 Å². The molecule has 4 rings (SSSR count). The molecule has 0 spiro atoms. The van der Waals surface area contributed by atoms with Crippen LogP contribution < -0.4 is 20.9 Å². The SMILES string of the molecule is CN(CCC(=N)N)C(=O)n1ccc(N(C)C(=O)n2ccc(N(C)C(=O)n3ccc(NC(=O)c4ccc(SCCCl)cc4)c3)c2)c1. The monoisotopic (exact) mass is 651 g/mol. The van der Waals surface area contributed by atoms with Crippen LogP contribution in [0.1, 0.15) is 16.8 Å². The molecule has 0 saturated carbocycles. The molecule has 0 unspecified atom stereocenters. The van der Waals surface area contributed by atoms with Gasteiger partial charge in [0.2, 0.25) is 0 Å². The Balaban J connectivity index is 1.36. The van der Waals surface area contributed by atoms with Crippen LogP contribution in [0.2, 0.25) is 0 Å². The minimum absolute atomic E-state index is 0.00969. The van der Waals surface area contributed by atoms with Crippen LogP contribution in [0.15, 0.2) is 84.5 Å². The van der Waals surface area contributed by atoms with Gasteiger partial charge in [-0.15, -0.1) is 23.4 Å². The lowest BCUT2D eigenvalue weighted by atomic mass is 10.2. The van der Waals surface area contributed by atoms with Gasteiger partial charge in [-0.05, 0) is 42.5 Å². The van der Waals surface area contributed by atoms with Crippen molar-refractivity contribution in [2.75, 3.05) is 54.4 Å². The maximum absolute atomic E-state index is 13.2. The van der Waals surface area contributed by atoms with Crippen LogP contribution >= 0.6 is 23.4 Å². The van der Waals surface area contributed by atoms with Crippen molar-refractivity contribution < 1.29 is 19.2 Å². The molecule has 0 radical (unpaired) electrons. The van der Waals surface area contributed by atoms with Crippen molar-refractivity contribution in [2.24, 2.45) is 5.73 Å². The van der Waals surface area contributed by atoms with Gasteiger partial charge in [-0.25, -0.2) is 14.4 Å². The molecule has 0 aliphatic carbocycles. The maximum Gasteiger partial charge on any atom is 0.332 e. The van der Waals surface area contributed by atoms with Crippen molar-refractivity contribution in [3.8, 4) is 0 Å². The van der Waals surface area contributed by atoms with Crippen molar-refractivity contribution in [1.82, 2.24) is 18.6 Å². The van der Waals surface area contributed by atoms with E-state index in [0.29, 0.717) is 28.5 Å². The number of anilines is 3. The number of carbonyl (C=O) groups excluding carboxylic acids is 4. The summed E-state index contributed by atoms with van der Waals surface area (Å²) in [5, 5.41) is 10.1. The number of amidine groups is 1. The predicted molar refractivity (Wildman–Crippen MR) is 177 cm³/mol. The van der Waals surface area contributed by atoms with Crippen LogP contribution in [0.25, 0.3) is 0 Å². The molecule has 3 aromatic heterocycles. The van der Waals surface area contributed by atoms with Crippen molar-refractivity contribution in [3.05, 3.63) is 85.2 Å². The number of hydrogen-bond donors (Lipinski definition) is 3. The van der Waals surface area contributed by atoms with E-state index < -0.39 is 12.1 Å². The first kappa shape index (κ1) is 33.0. The van der Waals surface area contributed by atoms with E-state index in [0.717, 1.165) is 10.6 Å². The minimum Gasteiger partial charge on any atom is -0.388 e. The van der Waals surface area contributed by atoms with Crippen LogP contribution in [-0.4, -0.2) is 87.8 Å². The normalized spacial score (nSPS) is 10.8. The molecule has 45 heavy (non-hydrogen) atoms. The van der Waals surface area contributed by atoms with Gasteiger partial charge in [-0.1, -0.05) is 0 Å². The number of alkyl halides is 1. The third-order valence-corrected chi connectivity index (χ3v) is 8.25. The summed E-state index contributed by atoms with van der Waals surface area (Å²) in [6.07, 6.45) is 9.46. The number of nitrogens with zero attached hydrogens (tertiary/aromatic N) is 6.